The SMILES string of the molecule is CC#N.CCC1CC(F)CN1.COc1nc(N2CCN(C(=O)/C=C/CN3CC4CC(C3)O4)CC2)c2cnc(-c3cccc4cccc(F)c34)c(F)c2n1. The molecule has 0 saturated carbocycles. The second-order valence-corrected chi connectivity index (χ2v) is 13.5. The lowest BCUT2D eigenvalue weighted by molar-refractivity contribution is -0.178. The summed E-state index contributed by atoms with van der Waals surface area (Å²) >= 11 is 0. The Hall–Kier alpha value is -4.84. The van der Waals surface area contributed by atoms with E-state index in [2.05, 4.69) is 32.1 Å². The minimum Gasteiger partial charge on any atom is -0.467 e. The summed E-state index contributed by atoms with van der Waals surface area (Å²) in [5.74, 6) is -0.683. The van der Waals surface area contributed by atoms with Crippen molar-refractivity contribution in [1.82, 2.24) is 30.1 Å². The van der Waals surface area contributed by atoms with Gasteiger partial charge in [-0.15, -0.1) is 0 Å². The number of morpholine rings is 1. The molecular weight excluding hydrogens is 685 g/mol. The molecule has 7 heterocycles. The largest absolute Gasteiger partial charge is 0.467 e. The van der Waals surface area contributed by atoms with Crippen LogP contribution in [-0.2, 0) is 9.53 Å². The molecule has 0 radical (unpaired) electrons. The molecule has 4 unspecified atom stereocenters. The summed E-state index contributed by atoms with van der Waals surface area (Å²) < 4.78 is 54.2. The van der Waals surface area contributed by atoms with Crippen LogP contribution in [0.5, 0.6) is 6.01 Å². The number of piperidine rings is 1. The number of benzene rings is 2. The number of fused-ring (bicyclic) bond motifs is 4. The van der Waals surface area contributed by atoms with Crippen molar-refractivity contribution in [2.24, 2.45) is 0 Å². The second-order valence-electron chi connectivity index (χ2n) is 13.5. The number of nitrogens with zero attached hydrogens (tertiary/aromatic N) is 7. The predicted molar refractivity (Wildman–Crippen MR) is 197 cm³/mol. The number of ether oxygens (including phenoxy) is 2. The first-order valence-corrected chi connectivity index (χ1v) is 18.1. The molecule has 5 aliphatic rings. The number of methoxy groups -OCH3 is 1. The van der Waals surface area contributed by atoms with Gasteiger partial charge in [-0.05, 0) is 24.3 Å². The zero-order valence-corrected chi connectivity index (χ0v) is 30.3. The lowest BCUT2D eigenvalue weighted by Crippen LogP contribution is -2.57. The Labute approximate surface area is 307 Å². The van der Waals surface area contributed by atoms with Crippen molar-refractivity contribution in [3.05, 3.63) is 66.4 Å². The van der Waals surface area contributed by atoms with Crippen LogP contribution in [0, 0.1) is 23.0 Å². The van der Waals surface area contributed by atoms with Gasteiger partial charge in [-0.3, -0.25) is 14.7 Å². The number of nitrogens with one attached hydrogen (secondary N) is 1. The van der Waals surface area contributed by atoms with Crippen molar-refractivity contribution in [1.29, 1.82) is 5.26 Å². The Morgan fingerprint density at radius 3 is 2.42 bits per heavy atom. The molecule has 0 spiro atoms. The van der Waals surface area contributed by atoms with Crippen LogP contribution in [0.4, 0.5) is 19.0 Å². The third-order valence-corrected chi connectivity index (χ3v) is 9.95. The van der Waals surface area contributed by atoms with E-state index in [-0.39, 0.29) is 23.1 Å². The number of piperazine rings is 1. The van der Waals surface area contributed by atoms with Crippen LogP contribution in [0.2, 0.25) is 0 Å². The highest BCUT2D eigenvalue weighted by molar-refractivity contribution is 5.99. The molecule has 1 N–H and O–H groups in total. The average Bonchev–Trinajstić information content (AvgIpc) is 3.60. The lowest BCUT2D eigenvalue weighted by Gasteiger charge is -2.46. The normalized spacial score (nSPS) is 22.4. The highest BCUT2D eigenvalue weighted by Crippen LogP contribution is 2.36. The Morgan fingerprint density at radius 1 is 1.09 bits per heavy atom. The van der Waals surface area contributed by atoms with Crippen LogP contribution >= 0.6 is 0 Å². The number of hydrogen-bond donors (Lipinski definition) is 1. The highest BCUT2D eigenvalue weighted by Gasteiger charge is 2.37. The van der Waals surface area contributed by atoms with Gasteiger partial charge in [-0.2, -0.15) is 15.2 Å². The average molecular weight is 731 g/mol. The number of carbonyl (C=O) groups excluding carboxylic acids is 1. The molecule has 1 amide bonds. The molecule has 2 aromatic heterocycles. The number of pyridine rings is 1. The van der Waals surface area contributed by atoms with Gasteiger partial charge in [0.05, 0.1) is 30.8 Å². The number of halogens is 3. The first-order valence-electron chi connectivity index (χ1n) is 18.1. The first kappa shape index (κ1) is 37.9. The van der Waals surface area contributed by atoms with E-state index in [0.717, 1.165) is 38.9 Å². The van der Waals surface area contributed by atoms with E-state index in [1.165, 1.54) is 26.3 Å². The molecule has 5 saturated heterocycles. The third kappa shape index (κ3) is 8.70. The van der Waals surface area contributed by atoms with Gasteiger partial charge >= 0.3 is 6.01 Å². The second kappa shape index (κ2) is 17.3. The number of carbonyl (C=O) groups is 1. The maximum Gasteiger partial charge on any atom is 0.318 e. The molecule has 2 aromatic carbocycles. The van der Waals surface area contributed by atoms with Crippen molar-refractivity contribution < 1.29 is 27.4 Å². The van der Waals surface area contributed by atoms with Crippen LogP contribution in [-0.4, -0.2) is 115 Å². The summed E-state index contributed by atoms with van der Waals surface area (Å²) in [4.78, 5) is 32.2. The highest BCUT2D eigenvalue weighted by atomic mass is 19.1. The number of nitriles is 1. The van der Waals surface area contributed by atoms with E-state index in [1.807, 2.05) is 11.0 Å². The van der Waals surface area contributed by atoms with Gasteiger partial charge in [0.1, 0.15) is 29.0 Å². The summed E-state index contributed by atoms with van der Waals surface area (Å²) in [6.07, 6.45) is 8.12. The van der Waals surface area contributed by atoms with Crippen molar-refractivity contribution in [2.75, 3.05) is 64.4 Å². The number of hydrogen-bond acceptors (Lipinski definition) is 10. The molecule has 4 atom stereocenters. The zero-order valence-electron chi connectivity index (χ0n) is 30.3. The Morgan fingerprint density at radius 2 is 1.79 bits per heavy atom. The fourth-order valence-corrected chi connectivity index (χ4v) is 7.25. The van der Waals surface area contributed by atoms with E-state index in [9.17, 15) is 13.6 Å². The summed E-state index contributed by atoms with van der Waals surface area (Å²) in [7, 11) is 1.42. The molecule has 53 heavy (non-hydrogen) atoms. The number of alkyl halides is 1. The van der Waals surface area contributed by atoms with Crippen LogP contribution in [0.15, 0.2) is 54.7 Å². The smallest absolute Gasteiger partial charge is 0.318 e. The minimum atomic E-state index is -0.679. The molecule has 0 aliphatic carbocycles. The van der Waals surface area contributed by atoms with Crippen molar-refractivity contribution in [3.8, 4) is 23.3 Å². The van der Waals surface area contributed by atoms with Crippen LogP contribution in [0.3, 0.4) is 0 Å². The molecule has 5 aliphatic heterocycles. The lowest BCUT2D eigenvalue weighted by atomic mass is 9.99. The van der Waals surface area contributed by atoms with Gasteiger partial charge in [0, 0.05) is 95.0 Å². The maximum atomic E-state index is 16.1. The molecule has 4 aromatic rings. The van der Waals surface area contributed by atoms with Gasteiger partial charge in [0.25, 0.3) is 0 Å². The van der Waals surface area contributed by atoms with Crippen molar-refractivity contribution in [3.63, 3.8) is 0 Å². The summed E-state index contributed by atoms with van der Waals surface area (Å²) in [5.41, 5.74) is 0.383. The van der Waals surface area contributed by atoms with E-state index >= 15 is 4.39 Å². The molecule has 14 heteroatoms. The monoisotopic (exact) mass is 730 g/mol. The van der Waals surface area contributed by atoms with Gasteiger partial charge in [-0.1, -0.05) is 43.3 Å². The minimum absolute atomic E-state index is 0.00112. The van der Waals surface area contributed by atoms with Crippen molar-refractivity contribution in [2.45, 2.75) is 57.5 Å². The fourth-order valence-electron chi connectivity index (χ4n) is 7.25. The summed E-state index contributed by atoms with van der Waals surface area (Å²) in [6, 6.07) is 12.1. The topological polar surface area (TPSA) is 120 Å². The standard InChI is InChI=1S/C31H30F2N6O3.C6H12FN.C2H3N/c1-41-31-35-29-23(16-34-28(27(29)33)22-7-2-5-19-6-3-8-24(32)26(19)22)30(36-31)39-13-11-38(12-14-39)25(40)9-4-10-37-17-20-15-21(18-37)42-20;1-2-6-3-5(7)4-8-6;1-2-3/h2-9,16,20-21H,10-15,17-18H2,1H3;5-6,8H,2-4H2,1H3;1H3/b9-4+;;. The molecular formula is C39H45F3N8O3. The fraction of sp³-hybridized carbons (Fsp3) is 0.462. The van der Waals surface area contributed by atoms with Gasteiger partial charge in [-0.25, -0.2) is 13.2 Å². The van der Waals surface area contributed by atoms with Crippen LogP contribution in [0.1, 0.15) is 33.1 Å². The molecule has 2 bridgehead atoms. The van der Waals surface area contributed by atoms with Gasteiger partial charge in [0.15, 0.2) is 5.82 Å². The van der Waals surface area contributed by atoms with Crippen LogP contribution < -0.4 is 15.0 Å². The first-order chi connectivity index (χ1) is 25.7. The van der Waals surface area contributed by atoms with Gasteiger partial charge in [0.2, 0.25) is 5.91 Å². The molecule has 11 nitrogen and oxygen atoms in total. The predicted octanol–water partition coefficient (Wildman–Crippen LogP) is 5.44. The van der Waals surface area contributed by atoms with E-state index in [1.54, 1.807) is 47.4 Å². The van der Waals surface area contributed by atoms with Crippen molar-refractivity contribution >= 4 is 33.4 Å². The Kier molecular flexibility index (Phi) is 12.4. The number of amides is 1. The molecule has 5 fully saturated rings. The molecule has 280 valence electrons. The Bertz CT molecular complexity index is 1960. The third-order valence-electron chi connectivity index (χ3n) is 9.95. The van der Waals surface area contributed by atoms with Crippen LogP contribution in [0.25, 0.3) is 32.9 Å². The number of anilines is 1. The maximum absolute atomic E-state index is 16.1. The zero-order chi connectivity index (χ0) is 37.5. The number of rotatable bonds is 7. The Balaban J connectivity index is 0.000000380. The summed E-state index contributed by atoms with van der Waals surface area (Å²) in [6.45, 7) is 8.62. The summed E-state index contributed by atoms with van der Waals surface area (Å²) in [5, 5.41) is 11.8. The quantitative estimate of drug-likeness (QED) is 0.247. The van der Waals surface area contributed by atoms with E-state index in [0.29, 0.717) is 78.5 Å². The van der Waals surface area contributed by atoms with Gasteiger partial charge < -0.3 is 24.6 Å². The van der Waals surface area contributed by atoms with E-state index < -0.39 is 17.8 Å². The number of aromatic nitrogens is 3. The van der Waals surface area contributed by atoms with E-state index in [4.69, 9.17) is 14.7 Å². The molecule has 9 rings (SSSR count).